The molecule has 1 saturated carbocycles. The first-order valence-corrected chi connectivity index (χ1v) is 9.48. The van der Waals surface area contributed by atoms with E-state index in [1.54, 1.807) is 17.0 Å². The summed E-state index contributed by atoms with van der Waals surface area (Å²) in [4.78, 5) is 14.2. The number of aliphatic hydroxyl groups is 1. The number of unbranched alkanes of at least 4 members (excludes halogenated alkanes) is 1. The molecule has 0 unspecified atom stereocenters. The van der Waals surface area contributed by atoms with Gasteiger partial charge in [0.15, 0.2) is 0 Å². The van der Waals surface area contributed by atoms with E-state index in [1.807, 2.05) is 6.92 Å². The Morgan fingerprint density at radius 3 is 2.70 bits per heavy atom. The Labute approximate surface area is 137 Å². The lowest BCUT2D eigenvalue weighted by molar-refractivity contribution is 0.0719. The van der Waals surface area contributed by atoms with Gasteiger partial charge in [-0.15, -0.1) is 0 Å². The van der Waals surface area contributed by atoms with Gasteiger partial charge in [-0.25, -0.2) is 13.1 Å². The van der Waals surface area contributed by atoms with Crippen LogP contribution in [-0.2, 0) is 10.0 Å². The SMILES string of the molecule is CCCCN(CCO)C(=O)c1cccc(S(=O)(=O)NC2CC2)c1. The molecule has 0 bridgehead atoms. The molecule has 0 aromatic heterocycles. The van der Waals surface area contributed by atoms with E-state index in [0.717, 1.165) is 25.7 Å². The van der Waals surface area contributed by atoms with Gasteiger partial charge < -0.3 is 10.0 Å². The Morgan fingerprint density at radius 2 is 2.09 bits per heavy atom. The fourth-order valence-corrected chi connectivity index (χ4v) is 3.60. The molecule has 1 aromatic rings. The Balaban J connectivity index is 2.18. The van der Waals surface area contributed by atoms with Crippen LogP contribution < -0.4 is 4.72 Å². The van der Waals surface area contributed by atoms with Gasteiger partial charge in [0.2, 0.25) is 10.0 Å². The minimum Gasteiger partial charge on any atom is -0.395 e. The van der Waals surface area contributed by atoms with Crippen LogP contribution in [0.2, 0.25) is 0 Å². The molecule has 6 nitrogen and oxygen atoms in total. The number of amides is 1. The molecule has 0 aliphatic heterocycles. The molecule has 0 atom stereocenters. The van der Waals surface area contributed by atoms with Crippen molar-refractivity contribution in [3.05, 3.63) is 29.8 Å². The number of carbonyl (C=O) groups is 1. The molecule has 0 saturated heterocycles. The summed E-state index contributed by atoms with van der Waals surface area (Å²) >= 11 is 0. The molecule has 1 fully saturated rings. The van der Waals surface area contributed by atoms with E-state index < -0.39 is 10.0 Å². The van der Waals surface area contributed by atoms with Crippen molar-refractivity contribution >= 4 is 15.9 Å². The number of sulfonamides is 1. The normalized spacial score (nSPS) is 14.7. The molecule has 23 heavy (non-hydrogen) atoms. The molecule has 0 heterocycles. The second-order valence-electron chi connectivity index (χ2n) is 5.79. The molecule has 1 aliphatic carbocycles. The summed E-state index contributed by atoms with van der Waals surface area (Å²) in [5.74, 6) is -0.254. The average molecular weight is 340 g/mol. The van der Waals surface area contributed by atoms with Crippen molar-refractivity contribution in [3.63, 3.8) is 0 Å². The summed E-state index contributed by atoms with van der Waals surface area (Å²) in [6.07, 6.45) is 3.50. The molecule has 1 aromatic carbocycles. The standard InChI is InChI=1S/C16H24N2O4S/c1-2-3-9-18(10-11-19)16(20)13-5-4-6-15(12-13)23(21,22)17-14-7-8-14/h4-6,12,14,17,19H,2-3,7-11H2,1H3. The van der Waals surface area contributed by atoms with Gasteiger partial charge in [0.25, 0.3) is 5.91 Å². The predicted octanol–water partition coefficient (Wildman–Crippen LogP) is 1.36. The van der Waals surface area contributed by atoms with Crippen molar-refractivity contribution in [1.29, 1.82) is 0 Å². The van der Waals surface area contributed by atoms with Crippen molar-refractivity contribution in [1.82, 2.24) is 9.62 Å². The van der Waals surface area contributed by atoms with Crippen LogP contribution in [0, 0.1) is 0 Å². The number of hydrogen-bond acceptors (Lipinski definition) is 4. The maximum Gasteiger partial charge on any atom is 0.253 e. The predicted molar refractivity (Wildman–Crippen MR) is 87.7 cm³/mol. The largest absolute Gasteiger partial charge is 0.395 e. The second-order valence-corrected chi connectivity index (χ2v) is 7.51. The number of nitrogens with zero attached hydrogens (tertiary/aromatic N) is 1. The van der Waals surface area contributed by atoms with Crippen molar-refractivity contribution in [2.24, 2.45) is 0 Å². The highest BCUT2D eigenvalue weighted by molar-refractivity contribution is 7.89. The van der Waals surface area contributed by atoms with Crippen molar-refractivity contribution in [2.75, 3.05) is 19.7 Å². The fourth-order valence-electron chi connectivity index (χ4n) is 2.25. The Hall–Kier alpha value is -1.44. The lowest BCUT2D eigenvalue weighted by Gasteiger charge is -2.21. The summed E-state index contributed by atoms with van der Waals surface area (Å²) in [6.45, 7) is 2.71. The quantitative estimate of drug-likeness (QED) is 0.711. The lowest BCUT2D eigenvalue weighted by Crippen LogP contribution is -2.34. The van der Waals surface area contributed by atoms with Gasteiger partial charge in [0.05, 0.1) is 11.5 Å². The van der Waals surface area contributed by atoms with Crippen LogP contribution in [0.15, 0.2) is 29.2 Å². The van der Waals surface area contributed by atoms with Crippen molar-refractivity contribution in [2.45, 2.75) is 43.5 Å². The van der Waals surface area contributed by atoms with Crippen molar-refractivity contribution in [3.8, 4) is 0 Å². The molecule has 1 aliphatic rings. The average Bonchev–Trinajstić information content (AvgIpc) is 3.34. The number of nitrogens with one attached hydrogen (secondary N) is 1. The van der Waals surface area contributed by atoms with Gasteiger partial charge in [0.1, 0.15) is 0 Å². The van der Waals surface area contributed by atoms with E-state index in [0.29, 0.717) is 12.1 Å². The first kappa shape index (κ1) is 17.9. The highest BCUT2D eigenvalue weighted by Crippen LogP contribution is 2.22. The number of carbonyl (C=O) groups excluding carboxylic acids is 1. The van der Waals surface area contributed by atoms with Crippen LogP contribution in [0.4, 0.5) is 0 Å². The van der Waals surface area contributed by atoms with E-state index >= 15 is 0 Å². The zero-order chi connectivity index (χ0) is 16.9. The zero-order valence-corrected chi connectivity index (χ0v) is 14.2. The Bertz CT molecular complexity index is 641. The van der Waals surface area contributed by atoms with Gasteiger partial charge in [0, 0.05) is 24.7 Å². The third kappa shape index (κ3) is 5.02. The van der Waals surface area contributed by atoms with Crippen LogP contribution in [0.25, 0.3) is 0 Å². The minimum absolute atomic E-state index is 0.0230. The Kier molecular flexibility index (Phi) is 6.15. The molecule has 2 rings (SSSR count). The summed E-state index contributed by atoms with van der Waals surface area (Å²) < 4.78 is 27.1. The maximum atomic E-state index is 12.6. The molecular weight excluding hydrogens is 316 g/mol. The fraction of sp³-hybridized carbons (Fsp3) is 0.562. The van der Waals surface area contributed by atoms with Gasteiger partial charge in [-0.2, -0.15) is 0 Å². The van der Waals surface area contributed by atoms with E-state index in [1.165, 1.54) is 12.1 Å². The topological polar surface area (TPSA) is 86.7 Å². The molecule has 1 amide bonds. The highest BCUT2D eigenvalue weighted by Gasteiger charge is 2.28. The summed E-state index contributed by atoms with van der Waals surface area (Å²) in [7, 11) is -3.58. The van der Waals surface area contributed by atoms with Gasteiger partial charge in [-0.05, 0) is 37.5 Å². The zero-order valence-electron chi connectivity index (χ0n) is 13.4. The van der Waals surface area contributed by atoms with Crippen LogP contribution in [0.5, 0.6) is 0 Å². The number of benzene rings is 1. The van der Waals surface area contributed by atoms with Gasteiger partial charge >= 0.3 is 0 Å². The molecule has 128 valence electrons. The Morgan fingerprint density at radius 1 is 1.35 bits per heavy atom. The van der Waals surface area contributed by atoms with Crippen LogP contribution in [0.3, 0.4) is 0 Å². The van der Waals surface area contributed by atoms with Gasteiger partial charge in [-0.1, -0.05) is 19.4 Å². The molecule has 0 spiro atoms. The third-order valence-electron chi connectivity index (χ3n) is 3.73. The van der Waals surface area contributed by atoms with Crippen LogP contribution in [-0.4, -0.2) is 50.1 Å². The smallest absolute Gasteiger partial charge is 0.253 e. The van der Waals surface area contributed by atoms with E-state index in [4.69, 9.17) is 5.11 Å². The molecule has 0 radical (unpaired) electrons. The lowest BCUT2D eigenvalue weighted by atomic mass is 10.2. The summed E-state index contributed by atoms with van der Waals surface area (Å²) in [6, 6.07) is 6.10. The number of hydrogen-bond donors (Lipinski definition) is 2. The van der Waals surface area contributed by atoms with E-state index in [2.05, 4.69) is 4.72 Å². The highest BCUT2D eigenvalue weighted by atomic mass is 32.2. The first-order valence-electron chi connectivity index (χ1n) is 8.00. The second kappa shape index (κ2) is 7.90. The van der Waals surface area contributed by atoms with Crippen LogP contribution >= 0.6 is 0 Å². The third-order valence-corrected chi connectivity index (χ3v) is 5.25. The molecule has 7 heteroatoms. The number of rotatable bonds is 9. The summed E-state index contributed by atoms with van der Waals surface area (Å²) in [5.41, 5.74) is 0.327. The monoisotopic (exact) mass is 340 g/mol. The minimum atomic E-state index is -3.58. The van der Waals surface area contributed by atoms with Gasteiger partial charge in [-0.3, -0.25) is 4.79 Å². The van der Waals surface area contributed by atoms with Crippen molar-refractivity contribution < 1.29 is 18.3 Å². The maximum absolute atomic E-state index is 12.6. The molecular formula is C16H24N2O4S. The number of aliphatic hydroxyl groups excluding tert-OH is 1. The first-order chi connectivity index (χ1) is 11.0. The van der Waals surface area contributed by atoms with Crippen LogP contribution in [0.1, 0.15) is 43.0 Å². The van der Waals surface area contributed by atoms with E-state index in [-0.39, 0.29) is 30.0 Å². The summed E-state index contributed by atoms with van der Waals surface area (Å²) in [5, 5.41) is 9.12. The molecule has 2 N–H and O–H groups in total. The van der Waals surface area contributed by atoms with E-state index in [9.17, 15) is 13.2 Å².